The number of nitrogens with zero attached hydrogens (tertiary/aromatic N) is 2. The molecule has 0 unspecified atom stereocenters. The Bertz CT molecular complexity index is 456. The first-order valence-electron chi connectivity index (χ1n) is 7.40. The van der Waals surface area contributed by atoms with Gasteiger partial charge in [-0.2, -0.15) is 0 Å². The first kappa shape index (κ1) is 13.3. The van der Waals surface area contributed by atoms with E-state index in [9.17, 15) is 4.79 Å². The molecule has 0 atom stereocenters. The normalized spacial score (nSPS) is 23.0. The zero-order valence-electron chi connectivity index (χ0n) is 11.7. The molecule has 0 N–H and O–H groups in total. The van der Waals surface area contributed by atoms with Gasteiger partial charge in [0.15, 0.2) is 5.78 Å². The van der Waals surface area contributed by atoms with Crippen molar-refractivity contribution in [3.05, 3.63) is 16.1 Å². The van der Waals surface area contributed by atoms with Gasteiger partial charge in [0.05, 0.1) is 22.7 Å². The fourth-order valence-corrected chi connectivity index (χ4v) is 4.31. The quantitative estimate of drug-likeness (QED) is 0.849. The molecular formula is C15H22N2OS. The predicted octanol–water partition coefficient (Wildman–Crippen LogP) is 2.97. The molecule has 0 aromatic carbocycles. The average Bonchev–Trinajstić information content (AvgIpc) is 3.09. The number of ketones is 1. The smallest absolute Gasteiger partial charge is 0.159 e. The van der Waals surface area contributed by atoms with E-state index in [1.54, 1.807) is 11.3 Å². The molecule has 3 rings (SSSR count). The standard InChI is InChI=1S/C15H22N2OS/c1-12-16-13(11-19-12)10-14(18)15(6-2-3-7-15)17-8-4-5-9-17/h11H,2-10H2,1H3. The fraction of sp³-hybridized carbons (Fsp3) is 0.733. The zero-order valence-corrected chi connectivity index (χ0v) is 12.5. The molecule has 1 aliphatic heterocycles. The minimum absolute atomic E-state index is 0.145. The number of hydrogen-bond acceptors (Lipinski definition) is 4. The lowest BCUT2D eigenvalue weighted by atomic mass is 9.87. The number of aryl methyl sites for hydroxylation is 1. The third-order valence-corrected chi connectivity index (χ3v) is 5.49. The van der Waals surface area contributed by atoms with Crippen molar-refractivity contribution in [2.45, 2.75) is 57.4 Å². The first-order chi connectivity index (χ1) is 9.21. The van der Waals surface area contributed by atoms with Crippen LogP contribution in [-0.4, -0.2) is 34.3 Å². The van der Waals surface area contributed by atoms with Gasteiger partial charge in [0.25, 0.3) is 0 Å². The van der Waals surface area contributed by atoms with Crippen LogP contribution < -0.4 is 0 Å². The number of aromatic nitrogens is 1. The highest BCUT2D eigenvalue weighted by Crippen LogP contribution is 2.38. The van der Waals surface area contributed by atoms with E-state index in [0.717, 1.165) is 36.6 Å². The maximum absolute atomic E-state index is 12.9. The van der Waals surface area contributed by atoms with Gasteiger partial charge in [0, 0.05) is 5.38 Å². The number of Topliss-reactive ketones (excluding diaryl/α,β-unsaturated/α-hetero) is 1. The lowest BCUT2D eigenvalue weighted by Gasteiger charge is -2.37. The summed E-state index contributed by atoms with van der Waals surface area (Å²) in [5.41, 5.74) is 0.826. The molecule has 104 valence electrons. The van der Waals surface area contributed by atoms with Crippen LogP contribution in [0.4, 0.5) is 0 Å². The highest BCUT2D eigenvalue weighted by molar-refractivity contribution is 7.09. The Kier molecular flexibility index (Phi) is 3.72. The van der Waals surface area contributed by atoms with Crippen LogP contribution in [0.3, 0.4) is 0 Å². The van der Waals surface area contributed by atoms with Crippen LogP contribution in [0.25, 0.3) is 0 Å². The molecule has 1 aromatic heterocycles. The second-order valence-electron chi connectivity index (χ2n) is 5.89. The predicted molar refractivity (Wildman–Crippen MR) is 77.6 cm³/mol. The molecule has 2 fully saturated rings. The van der Waals surface area contributed by atoms with E-state index in [1.807, 2.05) is 12.3 Å². The Morgan fingerprint density at radius 1 is 1.32 bits per heavy atom. The summed E-state index contributed by atoms with van der Waals surface area (Å²) >= 11 is 1.64. The van der Waals surface area contributed by atoms with E-state index < -0.39 is 0 Å². The third kappa shape index (κ3) is 2.48. The monoisotopic (exact) mass is 278 g/mol. The number of hydrogen-bond donors (Lipinski definition) is 0. The fourth-order valence-electron chi connectivity index (χ4n) is 3.69. The second-order valence-corrected chi connectivity index (χ2v) is 6.95. The van der Waals surface area contributed by atoms with Crippen LogP contribution >= 0.6 is 11.3 Å². The largest absolute Gasteiger partial charge is 0.297 e. The van der Waals surface area contributed by atoms with Crippen molar-refractivity contribution in [1.82, 2.24) is 9.88 Å². The van der Waals surface area contributed by atoms with E-state index in [4.69, 9.17) is 0 Å². The molecule has 2 aliphatic rings. The first-order valence-corrected chi connectivity index (χ1v) is 8.28. The van der Waals surface area contributed by atoms with Gasteiger partial charge in [-0.05, 0) is 45.7 Å². The molecule has 0 spiro atoms. The van der Waals surface area contributed by atoms with Crippen molar-refractivity contribution in [3.8, 4) is 0 Å². The molecule has 1 aromatic rings. The van der Waals surface area contributed by atoms with E-state index >= 15 is 0 Å². The molecule has 1 saturated heterocycles. The van der Waals surface area contributed by atoms with Crippen molar-refractivity contribution in [2.75, 3.05) is 13.1 Å². The summed E-state index contributed by atoms with van der Waals surface area (Å²) in [7, 11) is 0. The molecule has 4 heteroatoms. The van der Waals surface area contributed by atoms with Crippen LogP contribution in [0, 0.1) is 6.92 Å². The van der Waals surface area contributed by atoms with Gasteiger partial charge in [-0.3, -0.25) is 9.69 Å². The molecule has 2 heterocycles. The maximum atomic E-state index is 12.9. The van der Waals surface area contributed by atoms with Gasteiger partial charge in [0.2, 0.25) is 0 Å². The minimum Gasteiger partial charge on any atom is -0.297 e. The van der Waals surface area contributed by atoms with Crippen LogP contribution in [0.2, 0.25) is 0 Å². The van der Waals surface area contributed by atoms with E-state index in [0.29, 0.717) is 12.2 Å². The van der Waals surface area contributed by atoms with Crippen molar-refractivity contribution < 1.29 is 4.79 Å². The minimum atomic E-state index is -0.145. The molecule has 1 saturated carbocycles. The number of rotatable bonds is 4. The number of likely N-dealkylation sites (tertiary alicyclic amines) is 1. The van der Waals surface area contributed by atoms with Crippen molar-refractivity contribution in [1.29, 1.82) is 0 Å². The summed E-state index contributed by atoms with van der Waals surface area (Å²) in [5, 5.41) is 3.10. The SMILES string of the molecule is Cc1nc(CC(=O)C2(N3CCCC3)CCCC2)cs1. The summed E-state index contributed by atoms with van der Waals surface area (Å²) in [6, 6.07) is 0. The topological polar surface area (TPSA) is 33.2 Å². The Labute approximate surface area is 119 Å². The van der Waals surface area contributed by atoms with Gasteiger partial charge in [-0.1, -0.05) is 12.8 Å². The number of carbonyl (C=O) groups excluding carboxylic acids is 1. The second kappa shape index (κ2) is 5.33. The molecule has 3 nitrogen and oxygen atoms in total. The maximum Gasteiger partial charge on any atom is 0.159 e. The zero-order chi connectivity index (χ0) is 13.3. The highest BCUT2D eigenvalue weighted by Gasteiger charge is 2.46. The van der Waals surface area contributed by atoms with Gasteiger partial charge in [-0.25, -0.2) is 4.98 Å². The third-order valence-electron chi connectivity index (χ3n) is 4.67. The lowest BCUT2D eigenvalue weighted by molar-refractivity contribution is -0.129. The number of carbonyl (C=O) groups is 1. The van der Waals surface area contributed by atoms with Crippen LogP contribution in [-0.2, 0) is 11.2 Å². The Morgan fingerprint density at radius 2 is 2.00 bits per heavy atom. The van der Waals surface area contributed by atoms with E-state index in [-0.39, 0.29) is 5.54 Å². The van der Waals surface area contributed by atoms with Crippen LogP contribution in [0.15, 0.2) is 5.38 Å². The summed E-state index contributed by atoms with van der Waals surface area (Å²) in [6.45, 7) is 4.23. The number of thiazole rings is 1. The molecule has 0 amide bonds. The highest BCUT2D eigenvalue weighted by atomic mass is 32.1. The van der Waals surface area contributed by atoms with Gasteiger partial charge >= 0.3 is 0 Å². The van der Waals surface area contributed by atoms with E-state index in [2.05, 4.69) is 9.88 Å². The van der Waals surface area contributed by atoms with Crippen LogP contribution in [0.5, 0.6) is 0 Å². The van der Waals surface area contributed by atoms with Crippen LogP contribution in [0.1, 0.15) is 49.2 Å². The summed E-state index contributed by atoms with van der Waals surface area (Å²) in [5.74, 6) is 0.414. The Hall–Kier alpha value is -0.740. The van der Waals surface area contributed by atoms with Crippen molar-refractivity contribution >= 4 is 17.1 Å². The van der Waals surface area contributed by atoms with Crippen molar-refractivity contribution in [2.24, 2.45) is 0 Å². The molecule has 1 aliphatic carbocycles. The lowest BCUT2D eigenvalue weighted by Crippen LogP contribution is -2.52. The van der Waals surface area contributed by atoms with Gasteiger partial charge in [0.1, 0.15) is 0 Å². The molecule has 0 radical (unpaired) electrons. The average molecular weight is 278 g/mol. The summed E-state index contributed by atoms with van der Waals surface area (Å²) in [6.07, 6.45) is 7.58. The Balaban J connectivity index is 1.77. The van der Waals surface area contributed by atoms with Crippen molar-refractivity contribution in [3.63, 3.8) is 0 Å². The molecule has 19 heavy (non-hydrogen) atoms. The molecule has 0 bridgehead atoms. The Morgan fingerprint density at radius 3 is 2.58 bits per heavy atom. The van der Waals surface area contributed by atoms with E-state index in [1.165, 1.54) is 25.7 Å². The van der Waals surface area contributed by atoms with Gasteiger partial charge in [-0.15, -0.1) is 11.3 Å². The summed E-state index contributed by atoms with van der Waals surface area (Å²) < 4.78 is 0. The molecular weight excluding hydrogens is 256 g/mol. The van der Waals surface area contributed by atoms with Gasteiger partial charge < -0.3 is 0 Å². The summed E-state index contributed by atoms with van der Waals surface area (Å²) in [4.78, 5) is 19.8.